The number of rotatable bonds is 1. The van der Waals surface area contributed by atoms with Crippen molar-refractivity contribution in [2.75, 3.05) is 0 Å². The maximum atomic E-state index is 10.1. The van der Waals surface area contributed by atoms with Gasteiger partial charge in [-0.15, -0.1) is 12.6 Å². The summed E-state index contributed by atoms with van der Waals surface area (Å²) in [6.45, 7) is 6.18. The first kappa shape index (κ1) is 13.8. The van der Waals surface area contributed by atoms with E-state index in [-0.39, 0.29) is 16.9 Å². The minimum atomic E-state index is -0.0975. The third-order valence-corrected chi connectivity index (χ3v) is 3.49. The fourth-order valence-corrected chi connectivity index (χ4v) is 2.19. The molecular weight excluding hydrogens is 256 g/mol. The summed E-state index contributed by atoms with van der Waals surface area (Å²) in [5, 5.41) is 19.8. The summed E-state index contributed by atoms with van der Waals surface area (Å²) in [6, 6.07) is 10.9. The molecule has 0 aliphatic heterocycles. The van der Waals surface area contributed by atoms with E-state index in [1.807, 2.05) is 18.2 Å². The molecule has 0 amide bonds. The number of thiol groups is 1. The Morgan fingerprint density at radius 3 is 1.84 bits per heavy atom. The molecule has 0 aliphatic rings. The minimum Gasteiger partial charge on any atom is -0.508 e. The van der Waals surface area contributed by atoms with Gasteiger partial charge in [0.05, 0.1) is 0 Å². The highest BCUT2D eigenvalue weighted by Gasteiger charge is 2.18. The van der Waals surface area contributed by atoms with Crippen LogP contribution in [0.4, 0.5) is 0 Å². The maximum absolute atomic E-state index is 10.1. The van der Waals surface area contributed by atoms with Gasteiger partial charge in [-0.25, -0.2) is 0 Å². The van der Waals surface area contributed by atoms with Gasteiger partial charge in [0.2, 0.25) is 0 Å². The van der Waals surface area contributed by atoms with Crippen LogP contribution in [0, 0.1) is 0 Å². The Kier molecular flexibility index (Phi) is 3.50. The number of aromatic hydroxyl groups is 2. The standard InChI is InChI=1S/C16H18O2S/c1-16(2,3)12-6-4-10(8-13(12)17)11-5-7-15(19)14(18)9-11/h4-9,17-19H,1-3H3. The monoisotopic (exact) mass is 274 g/mol. The third-order valence-electron chi connectivity index (χ3n) is 3.11. The summed E-state index contributed by atoms with van der Waals surface area (Å²) < 4.78 is 0. The van der Waals surface area contributed by atoms with Crippen LogP contribution in [-0.2, 0) is 5.41 Å². The Labute approximate surface area is 119 Å². The van der Waals surface area contributed by atoms with E-state index < -0.39 is 0 Å². The Balaban J connectivity index is 2.47. The molecule has 0 atom stereocenters. The molecule has 2 rings (SSSR count). The Morgan fingerprint density at radius 1 is 0.842 bits per heavy atom. The first-order valence-electron chi connectivity index (χ1n) is 6.15. The first-order chi connectivity index (χ1) is 8.79. The van der Waals surface area contributed by atoms with E-state index in [2.05, 4.69) is 33.4 Å². The lowest BCUT2D eigenvalue weighted by Crippen LogP contribution is -2.11. The molecule has 2 aromatic rings. The van der Waals surface area contributed by atoms with Crippen LogP contribution >= 0.6 is 12.6 Å². The van der Waals surface area contributed by atoms with E-state index in [1.54, 1.807) is 18.2 Å². The van der Waals surface area contributed by atoms with E-state index >= 15 is 0 Å². The number of hydrogen-bond donors (Lipinski definition) is 3. The van der Waals surface area contributed by atoms with Gasteiger partial charge in [-0.1, -0.05) is 39.0 Å². The molecule has 0 radical (unpaired) electrons. The lowest BCUT2D eigenvalue weighted by molar-refractivity contribution is 0.447. The molecule has 19 heavy (non-hydrogen) atoms. The zero-order chi connectivity index (χ0) is 14.2. The van der Waals surface area contributed by atoms with E-state index in [9.17, 15) is 10.2 Å². The van der Waals surface area contributed by atoms with Crippen LogP contribution in [0.3, 0.4) is 0 Å². The summed E-state index contributed by atoms with van der Waals surface area (Å²) in [4.78, 5) is 0.541. The van der Waals surface area contributed by atoms with Gasteiger partial charge in [-0.3, -0.25) is 0 Å². The lowest BCUT2D eigenvalue weighted by Gasteiger charge is -2.20. The lowest BCUT2D eigenvalue weighted by atomic mass is 9.85. The fraction of sp³-hybridized carbons (Fsp3) is 0.250. The largest absolute Gasteiger partial charge is 0.508 e. The van der Waals surface area contributed by atoms with Gasteiger partial charge in [0, 0.05) is 4.90 Å². The van der Waals surface area contributed by atoms with E-state index in [1.165, 1.54) is 0 Å². The zero-order valence-electron chi connectivity index (χ0n) is 11.3. The zero-order valence-corrected chi connectivity index (χ0v) is 12.2. The molecule has 2 N–H and O–H groups in total. The van der Waals surface area contributed by atoms with E-state index in [0.717, 1.165) is 16.7 Å². The van der Waals surface area contributed by atoms with Gasteiger partial charge in [0.1, 0.15) is 11.5 Å². The van der Waals surface area contributed by atoms with Crippen LogP contribution in [0.25, 0.3) is 11.1 Å². The average Bonchev–Trinajstić information content (AvgIpc) is 2.31. The molecule has 2 nitrogen and oxygen atoms in total. The van der Waals surface area contributed by atoms with Gasteiger partial charge in [-0.05, 0) is 40.3 Å². The van der Waals surface area contributed by atoms with Crippen molar-refractivity contribution in [1.29, 1.82) is 0 Å². The second-order valence-corrected chi connectivity index (χ2v) is 6.17. The predicted molar refractivity (Wildman–Crippen MR) is 81.2 cm³/mol. The molecule has 0 spiro atoms. The molecule has 0 heterocycles. The van der Waals surface area contributed by atoms with Crippen molar-refractivity contribution in [3.05, 3.63) is 42.0 Å². The fourth-order valence-electron chi connectivity index (χ4n) is 2.05. The van der Waals surface area contributed by atoms with Crippen LogP contribution in [-0.4, -0.2) is 10.2 Å². The smallest absolute Gasteiger partial charge is 0.129 e. The third kappa shape index (κ3) is 2.87. The predicted octanol–water partition coefficient (Wildman–Crippen LogP) is 4.35. The molecule has 100 valence electrons. The Bertz CT molecular complexity index is 613. The molecule has 2 aromatic carbocycles. The van der Waals surface area contributed by atoms with E-state index in [4.69, 9.17) is 0 Å². The van der Waals surface area contributed by atoms with Gasteiger partial charge < -0.3 is 10.2 Å². The number of phenolic OH excluding ortho intramolecular Hbond substituents is 2. The van der Waals surface area contributed by atoms with Crippen molar-refractivity contribution >= 4 is 12.6 Å². The van der Waals surface area contributed by atoms with Gasteiger partial charge >= 0.3 is 0 Å². The Morgan fingerprint density at radius 2 is 1.37 bits per heavy atom. The Hall–Kier alpha value is -1.61. The molecule has 3 heteroatoms. The summed E-state index contributed by atoms with van der Waals surface area (Å²) in [7, 11) is 0. The van der Waals surface area contributed by atoms with Crippen LogP contribution in [0.1, 0.15) is 26.3 Å². The number of benzene rings is 2. The molecule has 0 aromatic heterocycles. The maximum Gasteiger partial charge on any atom is 0.129 e. The van der Waals surface area contributed by atoms with Gasteiger partial charge in [0.15, 0.2) is 0 Å². The summed E-state index contributed by atoms with van der Waals surface area (Å²) in [5.74, 6) is 0.416. The van der Waals surface area contributed by atoms with Crippen LogP contribution < -0.4 is 0 Å². The highest BCUT2D eigenvalue weighted by Crippen LogP contribution is 2.35. The molecule has 0 bridgehead atoms. The van der Waals surface area contributed by atoms with Gasteiger partial charge in [0.25, 0.3) is 0 Å². The summed E-state index contributed by atoms with van der Waals surface area (Å²) >= 11 is 4.13. The molecule has 0 saturated carbocycles. The van der Waals surface area contributed by atoms with Crippen LogP contribution in [0.2, 0.25) is 0 Å². The van der Waals surface area contributed by atoms with Crippen molar-refractivity contribution in [2.24, 2.45) is 0 Å². The molecule has 0 unspecified atom stereocenters. The van der Waals surface area contributed by atoms with Crippen molar-refractivity contribution in [3.63, 3.8) is 0 Å². The van der Waals surface area contributed by atoms with Gasteiger partial charge in [-0.2, -0.15) is 0 Å². The average molecular weight is 274 g/mol. The highest BCUT2D eigenvalue weighted by atomic mass is 32.1. The van der Waals surface area contributed by atoms with Crippen LogP contribution in [0.15, 0.2) is 41.3 Å². The quantitative estimate of drug-likeness (QED) is 0.677. The second-order valence-electron chi connectivity index (χ2n) is 5.69. The number of hydrogen-bond acceptors (Lipinski definition) is 3. The summed E-state index contributed by atoms with van der Waals surface area (Å²) in [5.41, 5.74) is 2.53. The van der Waals surface area contributed by atoms with Crippen molar-refractivity contribution in [3.8, 4) is 22.6 Å². The molecule has 0 saturated heterocycles. The minimum absolute atomic E-state index is 0.0975. The SMILES string of the molecule is CC(C)(C)c1ccc(-c2ccc(S)c(O)c2)cc1O. The normalized spacial score (nSPS) is 11.6. The van der Waals surface area contributed by atoms with Crippen LogP contribution in [0.5, 0.6) is 11.5 Å². The second kappa shape index (κ2) is 4.82. The van der Waals surface area contributed by atoms with Crippen molar-refractivity contribution < 1.29 is 10.2 Å². The van der Waals surface area contributed by atoms with E-state index in [0.29, 0.717) is 4.90 Å². The molecular formula is C16H18O2S. The van der Waals surface area contributed by atoms with Crippen molar-refractivity contribution in [2.45, 2.75) is 31.1 Å². The highest BCUT2D eigenvalue weighted by molar-refractivity contribution is 7.80. The summed E-state index contributed by atoms with van der Waals surface area (Å²) in [6.07, 6.45) is 0. The molecule has 0 fully saturated rings. The first-order valence-corrected chi connectivity index (χ1v) is 6.59. The topological polar surface area (TPSA) is 40.5 Å². The van der Waals surface area contributed by atoms with Crippen molar-refractivity contribution in [1.82, 2.24) is 0 Å². The number of phenols is 2. The molecule has 0 aliphatic carbocycles.